The average Bonchev–Trinajstić information content (AvgIpc) is 2.59. The molecule has 0 amide bonds. The van der Waals surface area contributed by atoms with Crippen molar-refractivity contribution in [3.8, 4) is 5.75 Å². The first-order valence-electron chi connectivity index (χ1n) is 5.52. The number of hydrogen-bond donors (Lipinski definition) is 0. The van der Waals surface area contributed by atoms with Gasteiger partial charge in [-0.1, -0.05) is 0 Å². The summed E-state index contributed by atoms with van der Waals surface area (Å²) in [6, 6.07) is 5.09. The molecule has 1 saturated heterocycles. The van der Waals surface area contributed by atoms with Crippen molar-refractivity contribution in [1.82, 2.24) is 9.88 Å². The number of rotatable bonds is 3. The molecule has 2 heterocycles. The summed E-state index contributed by atoms with van der Waals surface area (Å²) in [4.78, 5) is 6.42. The van der Waals surface area contributed by atoms with Crippen molar-refractivity contribution in [3.05, 3.63) is 24.5 Å². The van der Waals surface area contributed by atoms with Crippen LogP contribution in [0.4, 0.5) is 0 Å². The molecular weight excluding hydrogens is 188 g/mol. The fraction of sp³-hybridized carbons (Fsp3) is 0.583. The van der Waals surface area contributed by atoms with E-state index in [2.05, 4.69) is 23.9 Å². The first kappa shape index (κ1) is 10.4. The fourth-order valence-electron chi connectivity index (χ4n) is 2.03. The Bertz CT molecular complexity index is 302. The molecule has 0 aliphatic carbocycles. The van der Waals surface area contributed by atoms with E-state index in [1.54, 1.807) is 12.4 Å². The van der Waals surface area contributed by atoms with Crippen LogP contribution in [-0.2, 0) is 0 Å². The van der Waals surface area contributed by atoms with E-state index in [1.807, 2.05) is 12.1 Å². The van der Waals surface area contributed by atoms with Crippen LogP contribution >= 0.6 is 0 Å². The van der Waals surface area contributed by atoms with E-state index >= 15 is 0 Å². The number of hydrogen-bond acceptors (Lipinski definition) is 3. The van der Waals surface area contributed by atoms with Gasteiger partial charge >= 0.3 is 0 Å². The van der Waals surface area contributed by atoms with E-state index in [-0.39, 0.29) is 0 Å². The minimum Gasteiger partial charge on any atom is -0.490 e. The third kappa shape index (κ3) is 2.48. The van der Waals surface area contributed by atoms with Crippen LogP contribution in [0.5, 0.6) is 5.75 Å². The van der Waals surface area contributed by atoms with Crippen LogP contribution in [0.1, 0.15) is 19.8 Å². The SMILES string of the molecule is C[C@@H]1CC[C@@H](COc2cccnc2)N1C. The molecule has 0 radical (unpaired) electrons. The van der Waals surface area contributed by atoms with Gasteiger partial charge in [0.15, 0.2) is 0 Å². The molecule has 1 fully saturated rings. The largest absolute Gasteiger partial charge is 0.490 e. The van der Waals surface area contributed by atoms with Gasteiger partial charge in [-0.05, 0) is 38.9 Å². The summed E-state index contributed by atoms with van der Waals surface area (Å²) in [6.45, 7) is 3.04. The summed E-state index contributed by atoms with van der Waals surface area (Å²) in [6.07, 6.45) is 6.03. The zero-order valence-corrected chi connectivity index (χ0v) is 9.39. The minimum atomic E-state index is 0.556. The minimum absolute atomic E-state index is 0.556. The number of ether oxygens (including phenoxy) is 1. The molecule has 1 aromatic heterocycles. The molecule has 0 aromatic carbocycles. The third-order valence-corrected chi connectivity index (χ3v) is 3.27. The Morgan fingerprint density at radius 2 is 2.40 bits per heavy atom. The Morgan fingerprint density at radius 3 is 3.00 bits per heavy atom. The second-order valence-electron chi connectivity index (χ2n) is 4.25. The maximum absolute atomic E-state index is 5.70. The van der Waals surface area contributed by atoms with Crippen molar-refractivity contribution < 1.29 is 4.74 Å². The highest BCUT2D eigenvalue weighted by Crippen LogP contribution is 2.22. The number of likely N-dealkylation sites (N-methyl/N-ethyl adjacent to an activating group) is 1. The Kier molecular flexibility index (Phi) is 3.21. The Hall–Kier alpha value is -1.09. The van der Waals surface area contributed by atoms with Crippen LogP contribution in [0.25, 0.3) is 0 Å². The highest BCUT2D eigenvalue weighted by molar-refractivity contribution is 5.15. The van der Waals surface area contributed by atoms with Gasteiger partial charge in [-0.2, -0.15) is 0 Å². The lowest BCUT2D eigenvalue weighted by Crippen LogP contribution is -2.34. The predicted molar refractivity (Wildman–Crippen MR) is 60.0 cm³/mol. The standard InChI is InChI=1S/C12H18N2O/c1-10-5-6-11(14(10)2)9-15-12-4-3-7-13-8-12/h3-4,7-8,10-11H,5-6,9H2,1-2H3/t10-,11+/m1/s1. The normalized spacial score (nSPS) is 26.8. The van der Waals surface area contributed by atoms with Crippen LogP contribution in [0.2, 0.25) is 0 Å². The van der Waals surface area contributed by atoms with Gasteiger partial charge in [-0.25, -0.2) is 0 Å². The Morgan fingerprint density at radius 1 is 1.53 bits per heavy atom. The molecule has 2 atom stereocenters. The number of nitrogens with zero attached hydrogens (tertiary/aromatic N) is 2. The number of aromatic nitrogens is 1. The van der Waals surface area contributed by atoms with Gasteiger partial charge in [-0.3, -0.25) is 9.88 Å². The molecule has 2 rings (SSSR count). The number of likely N-dealkylation sites (tertiary alicyclic amines) is 1. The van der Waals surface area contributed by atoms with Gasteiger partial charge in [0.2, 0.25) is 0 Å². The van der Waals surface area contributed by atoms with Crippen molar-refractivity contribution in [2.45, 2.75) is 31.8 Å². The summed E-state index contributed by atoms with van der Waals surface area (Å²) < 4.78 is 5.70. The predicted octanol–water partition coefficient (Wildman–Crippen LogP) is 1.94. The lowest BCUT2D eigenvalue weighted by Gasteiger charge is -2.23. The topological polar surface area (TPSA) is 25.4 Å². The zero-order valence-electron chi connectivity index (χ0n) is 9.39. The van der Waals surface area contributed by atoms with Crippen LogP contribution in [0.15, 0.2) is 24.5 Å². The van der Waals surface area contributed by atoms with Crippen molar-refractivity contribution in [1.29, 1.82) is 0 Å². The third-order valence-electron chi connectivity index (χ3n) is 3.27. The van der Waals surface area contributed by atoms with Gasteiger partial charge in [-0.15, -0.1) is 0 Å². The molecule has 3 nitrogen and oxygen atoms in total. The van der Waals surface area contributed by atoms with Crippen LogP contribution in [-0.4, -0.2) is 35.6 Å². The first-order chi connectivity index (χ1) is 7.27. The van der Waals surface area contributed by atoms with Gasteiger partial charge in [0.05, 0.1) is 6.20 Å². The van der Waals surface area contributed by atoms with Gasteiger partial charge in [0.25, 0.3) is 0 Å². The summed E-state index contributed by atoms with van der Waals surface area (Å²) in [5.74, 6) is 0.866. The van der Waals surface area contributed by atoms with Gasteiger partial charge in [0.1, 0.15) is 12.4 Å². The van der Waals surface area contributed by atoms with Crippen molar-refractivity contribution in [2.75, 3.05) is 13.7 Å². The van der Waals surface area contributed by atoms with E-state index in [0.29, 0.717) is 12.1 Å². The lowest BCUT2D eigenvalue weighted by molar-refractivity contribution is 0.174. The average molecular weight is 206 g/mol. The highest BCUT2D eigenvalue weighted by atomic mass is 16.5. The molecule has 0 unspecified atom stereocenters. The van der Waals surface area contributed by atoms with Gasteiger partial charge in [0, 0.05) is 18.3 Å². The zero-order chi connectivity index (χ0) is 10.7. The molecule has 0 spiro atoms. The fourth-order valence-corrected chi connectivity index (χ4v) is 2.03. The second kappa shape index (κ2) is 4.62. The lowest BCUT2D eigenvalue weighted by atomic mass is 10.2. The molecule has 1 aliphatic rings. The molecular formula is C12H18N2O. The van der Waals surface area contributed by atoms with Crippen molar-refractivity contribution in [3.63, 3.8) is 0 Å². The van der Waals surface area contributed by atoms with E-state index in [4.69, 9.17) is 4.74 Å². The number of pyridine rings is 1. The van der Waals surface area contributed by atoms with Crippen LogP contribution in [0.3, 0.4) is 0 Å². The maximum Gasteiger partial charge on any atom is 0.137 e. The smallest absolute Gasteiger partial charge is 0.137 e. The first-order valence-corrected chi connectivity index (χ1v) is 5.52. The monoisotopic (exact) mass is 206 g/mol. The van der Waals surface area contributed by atoms with Gasteiger partial charge < -0.3 is 4.74 Å². The molecule has 82 valence electrons. The van der Waals surface area contributed by atoms with E-state index < -0.39 is 0 Å². The molecule has 0 bridgehead atoms. The molecule has 1 aliphatic heterocycles. The molecule has 0 N–H and O–H groups in total. The van der Waals surface area contributed by atoms with Crippen LogP contribution < -0.4 is 4.74 Å². The molecule has 0 saturated carbocycles. The summed E-state index contributed by atoms with van der Waals surface area (Å²) >= 11 is 0. The van der Waals surface area contributed by atoms with Crippen molar-refractivity contribution >= 4 is 0 Å². The molecule has 15 heavy (non-hydrogen) atoms. The van der Waals surface area contributed by atoms with Crippen LogP contribution in [0, 0.1) is 0 Å². The quantitative estimate of drug-likeness (QED) is 0.755. The highest BCUT2D eigenvalue weighted by Gasteiger charge is 2.27. The van der Waals surface area contributed by atoms with Crippen molar-refractivity contribution in [2.24, 2.45) is 0 Å². The summed E-state index contributed by atoms with van der Waals surface area (Å²) in [7, 11) is 2.18. The van der Waals surface area contributed by atoms with E-state index in [0.717, 1.165) is 12.4 Å². The second-order valence-corrected chi connectivity index (χ2v) is 4.25. The summed E-state index contributed by atoms with van der Waals surface area (Å²) in [5, 5.41) is 0. The molecule has 3 heteroatoms. The van der Waals surface area contributed by atoms with E-state index in [1.165, 1.54) is 12.8 Å². The Labute approximate surface area is 91.1 Å². The van der Waals surface area contributed by atoms with E-state index in [9.17, 15) is 0 Å². The molecule has 1 aromatic rings. The Balaban J connectivity index is 1.84. The maximum atomic E-state index is 5.70. The summed E-state index contributed by atoms with van der Waals surface area (Å²) in [5.41, 5.74) is 0.